The van der Waals surface area contributed by atoms with Crippen LogP contribution in [0.2, 0.25) is 0 Å². The summed E-state index contributed by atoms with van der Waals surface area (Å²) in [5, 5.41) is 3.15. The first kappa shape index (κ1) is 12.5. The lowest BCUT2D eigenvalue weighted by Gasteiger charge is -2.56. The highest BCUT2D eigenvalue weighted by atomic mass is 16.1. The zero-order valence-electron chi connectivity index (χ0n) is 11.5. The summed E-state index contributed by atoms with van der Waals surface area (Å²) in [6.45, 7) is 2.80. The van der Waals surface area contributed by atoms with Gasteiger partial charge in [-0.3, -0.25) is 4.79 Å². The van der Waals surface area contributed by atoms with Gasteiger partial charge < -0.3 is 11.1 Å². The summed E-state index contributed by atoms with van der Waals surface area (Å²) in [6, 6.07) is -0.0265. The molecule has 4 saturated carbocycles. The standard InChI is InChI=1S/C15H26N2O/c1-10(16)2-14(18)17-9-15-6-11-3-12(7-15)5-13(4-11)8-15/h10-13H,2-9,16H2,1H3,(H,17,18). The molecule has 0 aromatic carbocycles. The molecule has 1 amide bonds. The van der Waals surface area contributed by atoms with Crippen molar-refractivity contribution in [1.29, 1.82) is 0 Å². The van der Waals surface area contributed by atoms with Gasteiger partial charge in [-0.25, -0.2) is 0 Å². The van der Waals surface area contributed by atoms with E-state index in [1.807, 2.05) is 6.92 Å². The van der Waals surface area contributed by atoms with E-state index in [1.54, 1.807) is 0 Å². The molecule has 18 heavy (non-hydrogen) atoms. The third-order valence-electron chi connectivity index (χ3n) is 5.33. The third-order valence-corrected chi connectivity index (χ3v) is 5.33. The van der Waals surface area contributed by atoms with Gasteiger partial charge in [0.25, 0.3) is 0 Å². The van der Waals surface area contributed by atoms with Crippen molar-refractivity contribution >= 4 is 5.91 Å². The molecule has 4 aliphatic rings. The number of carbonyl (C=O) groups excluding carboxylic acids is 1. The molecule has 0 aromatic rings. The summed E-state index contributed by atoms with van der Waals surface area (Å²) in [5.41, 5.74) is 6.12. The normalized spacial score (nSPS) is 42.9. The van der Waals surface area contributed by atoms with Gasteiger partial charge in [-0.2, -0.15) is 0 Å². The molecule has 4 rings (SSSR count). The van der Waals surface area contributed by atoms with Gasteiger partial charge in [0.05, 0.1) is 0 Å². The molecule has 3 N–H and O–H groups in total. The first-order valence-corrected chi connectivity index (χ1v) is 7.57. The van der Waals surface area contributed by atoms with Gasteiger partial charge >= 0.3 is 0 Å². The summed E-state index contributed by atoms with van der Waals surface area (Å²) in [4.78, 5) is 11.8. The number of rotatable bonds is 4. The minimum Gasteiger partial charge on any atom is -0.355 e. The smallest absolute Gasteiger partial charge is 0.221 e. The van der Waals surface area contributed by atoms with Crippen LogP contribution in [0.1, 0.15) is 51.9 Å². The van der Waals surface area contributed by atoms with Crippen LogP contribution in [0.25, 0.3) is 0 Å². The fourth-order valence-electron chi connectivity index (χ4n) is 5.16. The summed E-state index contributed by atoms with van der Waals surface area (Å²) in [6.07, 6.45) is 8.94. The summed E-state index contributed by atoms with van der Waals surface area (Å²) < 4.78 is 0. The van der Waals surface area contributed by atoms with Crippen LogP contribution in [0.5, 0.6) is 0 Å². The molecule has 0 saturated heterocycles. The highest BCUT2D eigenvalue weighted by Crippen LogP contribution is 2.59. The van der Waals surface area contributed by atoms with Crippen LogP contribution in [0.3, 0.4) is 0 Å². The van der Waals surface area contributed by atoms with Crippen LogP contribution in [-0.2, 0) is 4.79 Å². The molecule has 3 heteroatoms. The minimum absolute atomic E-state index is 0.0265. The van der Waals surface area contributed by atoms with Crippen molar-refractivity contribution < 1.29 is 4.79 Å². The van der Waals surface area contributed by atoms with Gasteiger partial charge in [-0.1, -0.05) is 0 Å². The topological polar surface area (TPSA) is 55.1 Å². The third kappa shape index (κ3) is 2.42. The first-order valence-electron chi connectivity index (χ1n) is 7.57. The lowest BCUT2D eigenvalue weighted by molar-refractivity contribution is -0.123. The van der Waals surface area contributed by atoms with Crippen molar-refractivity contribution in [3.63, 3.8) is 0 Å². The molecule has 0 heterocycles. The quantitative estimate of drug-likeness (QED) is 0.802. The van der Waals surface area contributed by atoms with Crippen LogP contribution in [0.4, 0.5) is 0 Å². The molecule has 4 fully saturated rings. The Kier molecular flexibility index (Phi) is 3.13. The van der Waals surface area contributed by atoms with E-state index in [2.05, 4.69) is 5.32 Å². The number of hydrogen-bond donors (Lipinski definition) is 2. The average molecular weight is 250 g/mol. The van der Waals surface area contributed by atoms with Crippen molar-refractivity contribution in [2.45, 2.75) is 57.9 Å². The number of amides is 1. The molecule has 102 valence electrons. The molecular weight excluding hydrogens is 224 g/mol. The van der Waals surface area contributed by atoms with Crippen molar-refractivity contribution in [2.75, 3.05) is 6.54 Å². The number of hydrogen-bond acceptors (Lipinski definition) is 2. The Morgan fingerprint density at radius 3 is 2.17 bits per heavy atom. The van der Waals surface area contributed by atoms with E-state index in [1.165, 1.54) is 38.5 Å². The monoisotopic (exact) mass is 250 g/mol. The molecule has 3 nitrogen and oxygen atoms in total. The lowest BCUT2D eigenvalue weighted by atomic mass is 9.49. The highest BCUT2D eigenvalue weighted by molar-refractivity contribution is 5.76. The number of nitrogens with one attached hydrogen (secondary N) is 1. The zero-order chi connectivity index (χ0) is 12.8. The Hall–Kier alpha value is -0.570. The molecule has 4 aliphatic carbocycles. The van der Waals surface area contributed by atoms with Gasteiger partial charge in [0, 0.05) is 19.0 Å². The molecule has 4 bridgehead atoms. The molecule has 0 aliphatic heterocycles. The lowest BCUT2D eigenvalue weighted by Crippen LogP contribution is -2.51. The van der Waals surface area contributed by atoms with E-state index < -0.39 is 0 Å². The Morgan fingerprint density at radius 1 is 1.22 bits per heavy atom. The fraction of sp³-hybridized carbons (Fsp3) is 0.933. The molecule has 1 atom stereocenters. The molecule has 0 aromatic heterocycles. The summed E-state index contributed by atoms with van der Waals surface area (Å²) in [5.74, 6) is 3.02. The molecule has 0 spiro atoms. The minimum atomic E-state index is -0.0265. The maximum atomic E-state index is 11.8. The second kappa shape index (κ2) is 4.52. The first-order chi connectivity index (χ1) is 8.55. The van der Waals surface area contributed by atoms with E-state index in [9.17, 15) is 4.79 Å². The van der Waals surface area contributed by atoms with Gasteiger partial charge in [-0.05, 0) is 68.6 Å². The van der Waals surface area contributed by atoms with Crippen LogP contribution >= 0.6 is 0 Å². The SMILES string of the molecule is CC(N)CC(=O)NCC12CC3CC(CC(C3)C1)C2. The molecular formula is C15H26N2O. The Balaban J connectivity index is 1.57. The van der Waals surface area contributed by atoms with E-state index in [-0.39, 0.29) is 11.9 Å². The average Bonchev–Trinajstić information content (AvgIpc) is 2.23. The van der Waals surface area contributed by atoms with Crippen LogP contribution in [-0.4, -0.2) is 18.5 Å². The predicted octanol–water partition coefficient (Wildman–Crippen LogP) is 2.06. The van der Waals surface area contributed by atoms with Crippen LogP contribution in [0.15, 0.2) is 0 Å². The van der Waals surface area contributed by atoms with Gasteiger partial charge in [0.1, 0.15) is 0 Å². The van der Waals surface area contributed by atoms with Crippen molar-refractivity contribution in [2.24, 2.45) is 28.9 Å². The Morgan fingerprint density at radius 2 is 1.72 bits per heavy atom. The fourth-order valence-corrected chi connectivity index (χ4v) is 5.16. The van der Waals surface area contributed by atoms with E-state index in [0.29, 0.717) is 11.8 Å². The molecule has 0 radical (unpaired) electrons. The van der Waals surface area contributed by atoms with E-state index >= 15 is 0 Å². The molecule has 1 unspecified atom stereocenters. The maximum absolute atomic E-state index is 11.8. The van der Waals surface area contributed by atoms with Crippen molar-refractivity contribution in [3.8, 4) is 0 Å². The van der Waals surface area contributed by atoms with Gasteiger partial charge in [0.2, 0.25) is 5.91 Å². The summed E-state index contributed by atoms with van der Waals surface area (Å²) in [7, 11) is 0. The van der Waals surface area contributed by atoms with Crippen LogP contribution < -0.4 is 11.1 Å². The maximum Gasteiger partial charge on any atom is 0.221 e. The van der Waals surface area contributed by atoms with E-state index in [4.69, 9.17) is 5.73 Å². The van der Waals surface area contributed by atoms with Crippen molar-refractivity contribution in [3.05, 3.63) is 0 Å². The second-order valence-corrected chi connectivity index (χ2v) is 7.38. The summed E-state index contributed by atoms with van der Waals surface area (Å²) >= 11 is 0. The number of carbonyl (C=O) groups is 1. The Labute approximate surface area is 110 Å². The van der Waals surface area contributed by atoms with Crippen molar-refractivity contribution in [1.82, 2.24) is 5.32 Å². The zero-order valence-corrected chi connectivity index (χ0v) is 11.5. The largest absolute Gasteiger partial charge is 0.355 e. The van der Waals surface area contributed by atoms with E-state index in [0.717, 1.165) is 24.3 Å². The number of nitrogens with two attached hydrogens (primary N) is 1. The highest BCUT2D eigenvalue weighted by Gasteiger charge is 2.50. The second-order valence-electron chi connectivity index (χ2n) is 7.38. The Bertz CT molecular complexity index is 302. The van der Waals surface area contributed by atoms with Gasteiger partial charge in [0.15, 0.2) is 0 Å². The van der Waals surface area contributed by atoms with Gasteiger partial charge in [-0.15, -0.1) is 0 Å². The van der Waals surface area contributed by atoms with Crippen LogP contribution in [0, 0.1) is 23.2 Å². The predicted molar refractivity (Wildman–Crippen MR) is 71.9 cm³/mol.